The normalized spacial score (nSPS) is 10.2. The third-order valence-electron chi connectivity index (χ3n) is 2.28. The Bertz CT molecular complexity index is 516. The molecule has 0 saturated carbocycles. The quantitative estimate of drug-likeness (QED) is 0.736. The van der Waals surface area contributed by atoms with Crippen molar-refractivity contribution in [1.29, 1.82) is 0 Å². The number of hydrogen-bond acceptors (Lipinski definition) is 2. The molecule has 2 rings (SSSR count). The van der Waals surface area contributed by atoms with Crippen LogP contribution >= 0.6 is 0 Å². The van der Waals surface area contributed by atoms with Crippen LogP contribution in [0.2, 0.25) is 0 Å². The molecule has 0 amide bonds. The van der Waals surface area contributed by atoms with Crippen molar-refractivity contribution in [1.82, 2.24) is 4.98 Å². The van der Waals surface area contributed by atoms with Crippen LogP contribution in [0, 0.1) is 0 Å². The molecule has 4 nitrogen and oxygen atoms in total. The second-order valence-electron chi connectivity index (χ2n) is 3.55. The van der Waals surface area contributed by atoms with Gasteiger partial charge in [0, 0.05) is 12.1 Å². The minimum Gasteiger partial charge on any atom is -0.508 e. The summed E-state index contributed by atoms with van der Waals surface area (Å²) < 4.78 is 0. The van der Waals surface area contributed by atoms with Gasteiger partial charge in [-0.1, -0.05) is 12.1 Å². The van der Waals surface area contributed by atoms with Crippen LogP contribution in [0.15, 0.2) is 36.4 Å². The third kappa shape index (κ3) is 2.23. The fourth-order valence-electron chi connectivity index (χ4n) is 1.55. The number of carboxylic acid groups (broad SMARTS) is 1. The Morgan fingerprint density at radius 2 is 2.06 bits per heavy atom. The van der Waals surface area contributed by atoms with E-state index in [0.717, 1.165) is 11.3 Å². The zero-order valence-corrected chi connectivity index (χ0v) is 8.47. The van der Waals surface area contributed by atoms with Crippen LogP contribution in [0.5, 0.6) is 5.75 Å². The maximum atomic E-state index is 10.6. The number of phenols is 1. The van der Waals surface area contributed by atoms with Crippen molar-refractivity contribution in [2.24, 2.45) is 0 Å². The van der Waals surface area contributed by atoms with Gasteiger partial charge in [0.1, 0.15) is 11.4 Å². The molecule has 0 aliphatic carbocycles. The minimum atomic E-state index is -0.970. The van der Waals surface area contributed by atoms with Crippen molar-refractivity contribution in [3.63, 3.8) is 0 Å². The van der Waals surface area contributed by atoms with Gasteiger partial charge in [-0.15, -0.1) is 0 Å². The number of aromatic carboxylic acids is 1. The maximum absolute atomic E-state index is 10.6. The van der Waals surface area contributed by atoms with Gasteiger partial charge < -0.3 is 15.2 Å². The standard InChI is InChI=1S/C12H11NO3/c14-10-3-1-2-8(7-10)6-9-4-5-11(13-9)12(15)16/h1-5,7,13-14H,6H2,(H,15,16). The van der Waals surface area contributed by atoms with E-state index in [1.54, 1.807) is 24.3 Å². The average Bonchev–Trinajstić information content (AvgIpc) is 2.66. The van der Waals surface area contributed by atoms with Crippen LogP contribution < -0.4 is 0 Å². The number of carbonyl (C=O) groups is 1. The molecule has 0 fully saturated rings. The highest BCUT2D eigenvalue weighted by Gasteiger charge is 2.06. The van der Waals surface area contributed by atoms with Gasteiger partial charge in [-0.3, -0.25) is 0 Å². The van der Waals surface area contributed by atoms with E-state index in [-0.39, 0.29) is 11.4 Å². The maximum Gasteiger partial charge on any atom is 0.352 e. The lowest BCUT2D eigenvalue weighted by Gasteiger charge is -1.99. The first-order valence-electron chi connectivity index (χ1n) is 4.84. The van der Waals surface area contributed by atoms with Gasteiger partial charge in [-0.05, 0) is 29.8 Å². The molecular weight excluding hydrogens is 206 g/mol. The molecule has 0 bridgehead atoms. The highest BCUT2D eigenvalue weighted by molar-refractivity contribution is 5.85. The summed E-state index contributed by atoms with van der Waals surface area (Å²) in [5.41, 5.74) is 1.91. The summed E-state index contributed by atoms with van der Waals surface area (Å²) in [6.45, 7) is 0. The summed E-state index contributed by atoms with van der Waals surface area (Å²) in [5.74, 6) is -0.760. The fraction of sp³-hybridized carbons (Fsp3) is 0.0833. The van der Waals surface area contributed by atoms with Gasteiger partial charge in [0.25, 0.3) is 0 Å². The molecule has 1 aromatic heterocycles. The Hall–Kier alpha value is -2.23. The monoisotopic (exact) mass is 217 g/mol. The molecule has 0 aliphatic heterocycles. The van der Waals surface area contributed by atoms with Crippen molar-refractivity contribution in [3.8, 4) is 5.75 Å². The Kier molecular flexibility index (Phi) is 2.64. The van der Waals surface area contributed by atoms with Gasteiger partial charge in [-0.2, -0.15) is 0 Å². The molecule has 0 saturated heterocycles. The molecule has 1 heterocycles. The van der Waals surface area contributed by atoms with E-state index in [1.807, 2.05) is 6.07 Å². The predicted octanol–water partition coefficient (Wildman–Crippen LogP) is 2.01. The predicted molar refractivity (Wildman–Crippen MR) is 58.7 cm³/mol. The molecular formula is C12H11NO3. The number of benzene rings is 1. The van der Waals surface area contributed by atoms with Crippen molar-refractivity contribution in [2.45, 2.75) is 6.42 Å². The van der Waals surface area contributed by atoms with Crippen LogP contribution in [-0.4, -0.2) is 21.2 Å². The molecule has 4 heteroatoms. The second-order valence-corrected chi connectivity index (χ2v) is 3.55. The van der Waals surface area contributed by atoms with Gasteiger partial charge in [0.2, 0.25) is 0 Å². The van der Waals surface area contributed by atoms with Gasteiger partial charge in [0.05, 0.1) is 0 Å². The topological polar surface area (TPSA) is 73.3 Å². The highest BCUT2D eigenvalue weighted by atomic mass is 16.4. The van der Waals surface area contributed by atoms with Crippen LogP contribution in [0.3, 0.4) is 0 Å². The SMILES string of the molecule is O=C(O)c1ccc(Cc2cccc(O)c2)[nH]1. The molecule has 3 N–H and O–H groups in total. The third-order valence-corrected chi connectivity index (χ3v) is 2.28. The van der Waals surface area contributed by atoms with Crippen molar-refractivity contribution in [3.05, 3.63) is 53.3 Å². The number of H-pyrrole nitrogens is 1. The summed E-state index contributed by atoms with van der Waals surface area (Å²) in [6, 6.07) is 10.1. The summed E-state index contributed by atoms with van der Waals surface area (Å²) >= 11 is 0. The summed E-state index contributed by atoms with van der Waals surface area (Å²) in [5, 5.41) is 18.0. The second kappa shape index (κ2) is 4.10. The Morgan fingerprint density at radius 1 is 1.25 bits per heavy atom. The number of aromatic amines is 1. The van der Waals surface area contributed by atoms with Crippen molar-refractivity contribution >= 4 is 5.97 Å². The lowest BCUT2D eigenvalue weighted by atomic mass is 10.1. The Labute approximate surface area is 92.2 Å². The zero-order chi connectivity index (χ0) is 11.5. The first-order chi connectivity index (χ1) is 7.65. The molecule has 16 heavy (non-hydrogen) atoms. The summed E-state index contributed by atoms with van der Waals surface area (Å²) in [7, 11) is 0. The van der Waals surface area contributed by atoms with Gasteiger partial charge in [-0.25, -0.2) is 4.79 Å². The van der Waals surface area contributed by atoms with Crippen molar-refractivity contribution in [2.75, 3.05) is 0 Å². The van der Waals surface area contributed by atoms with E-state index in [9.17, 15) is 9.90 Å². The first-order valence-corrected chi connectivity index (χ1v) is 4.84. The lowest BCUT2D eigenvalue weighted by Crippen LogP contribution is -1.97. The Morgan fingerprint density at radius 3 is 2.69 bits per heavy atom. The highest BCUT2D eigenvalue weighted by Crippen LogP contribution is 2.14. The molecule has 2 aromatic rings. The average molecular weight is 217 g/mol. The minimum absolute atomic E-state index is 0.176. The number of hydrogen-bond donors (Lipinski definition) is 3. The number of nitrogens with one attached hydrogen (secondary N) is 1. The Balaban J connectivity index is 2.17. The zero-order valence-electron chi connectivity index (χ0n) is 8.47. The fourth-order valence-corrected chi connectivity index (χ4v) is 1.55. The number of carboxylic acids is 1. The summed E-state index contributed by atoms with van der Waals surface area (Å²) in [4.78, 5) is 13.4. The van der Waals surface area contributed by atoms with E-state index < -0.39 is 5.97 Å². The van der Waals surface area contributed by atoms with Crippen LogP contribution in [0.1, 0.15) is 21.7 Å². The number of rotatable bonds is 3. The van der Waals surface area contributed by atoms with Crippen LogP contribution in [-0.2, 0) is 6.42 Å². The first kappa shape index (κ1) is 10.3. The number of phenolic OH excluding ortho intramolecular Hbond substituents is 1. The molecule has 82 valence electrons. The van der Waals surface area contributed by atoms with Crippen LogP contribution in [0.4, 0.5) is 0 Å². The molecule has 0 atom stereocenters. The number of aromatic hydroxyl groups is 1. The largest absolute Gasteiger partial charge is 0.508 e. The molecule has 0 spiro atoms. The van der Waals surface area contributed by atoms with E-state index in [0.29, 0.717) is 6.42 Å². The van der Waals surface area contributed by atoms with Gasteiger partial charge in [0.15, 0.2) is 0 Å². The van der Waals surface area contributed by atoms with E-state index in [4.69, 9.17) is 5.11 Å². The van der Waals surface area contributed by atoms with Gasteiger partial charge >= 0.3 is 5.97 Å². The van der Waals surface area contributed by atoms with E-state index in [1.165, 1.54) is 6.07 Å². The molecule has 0 radical (unpaired) electrons. The molecule has 0 aliphatic rings. The number of aromatic nitrogens is 1. The van der Waals surface area contributed by atoms with Crippen molar-refractivity contribution < 1.29 is 15.0 Å². The van der Waals surface area contributed by atoms with E-state index >= 15 is 0 Å². The van der Waals surface area contributed by atoms with Crippen LogP contribution in [0.25, 0.3) is 0 Å². The summed E-state index contributed by atoms with van der Waals surface area (Å²) in [6.07, 6.45) is 0.571. The smallest absolute Gasteiger partial charge is 0.352 e. The molecule has 1 aromatic carbocycles. The van der Waals surface area contributed by atoms with E-state index in [2.05, 4.69) is 4.98 Å². The lowest BCUT2D eigenvalue weighted by molar-refractivity contribution is 0.0691. The molecule has 0 unspecified atom stereocenters.